The molecule has 0 aliphatic carbocycles. The van der Waals surface area contributed by atoms with Crippen LogP contribution in [0.4, 0.5) is 11.6 Å². The van der Waals surface area contributed by atoms with Gasteiger partial charge in [0, 0.05) is 112 Å². The number of nitrogen functional groups attached to an aromatic ring is 2. The Morgan fingerprint density at radius 2 is 0.701 bits per heavy atom. The topological polar surface area (TPSA) is 698 Å². The van der Waals surface area contributed by atoms with E-state index in [1.807, 2.05) is 0 Å². The third kappa shape index (κ3) is 27.2. The van der Waals surface area contributed by atoms with Gasteiger partial charge in [-0.2, -0.15) is 9.97 Å². The van der Waals surface area contributed by atoms with Crippen LogP contribution in [0.15, 0.2) is 85.1 Å². The Hall–Kier alpha value is -6.32. The molecule has 0 amide bonds. The van der Waals surface area contributed by atoms with Gasteiger partial charge in [0.1, 0.15) is 110 Å². The lowest BCUT2D eigenvalue weighted by Gasteiger charge is -2.30. The number of H-pyrrole nitrogens is 4. The molecule has 0 bridgehead atoms. The molecule has 0 aromatic carbocycles. The van der Waals surface area contributed by atoms with Crippen molar-refractivity contribution in [2.45, 2.75) is 203 Å². The number of phosphoric ester groups is 1. The molecule has 137 heavy (non-hydrogen) atoms. The molecule has 27 atom stereocenters. The first kappa shape index (κ1) is 109. The largest absolute Gasteiger partial charge is 0.472 e. The second kappa shape index (κ2) is 47.0. The number of hydrogen-bond acceptors (Lipinski definition) is 44. The molecule has 0 radical (unpaired) electrons. The Bertz CT molecular complexity index is 6170. The zero-order chi connectivity index (χ0) is 99.8. The van der Waals surface area contributed by atoms with Crippen LogP contribution in [0.25, 0.3) is 0 Å². The molecule has 6 aliphatic heterocycles. The van der Waals surface area contributed by atoms with Gasteiger partial charge >= 0.3 is 68.9 Å². The van der Waals surface area contributed by atoms with Crippen molar-refractivity contribution in [1.29, 1.82) is 0 Å². The van der Waals surface area contributed by atoms with E-state index >= 15 is 9.13 Å². The van der Waals surface area contributed by atoms with Crippen molar-refractivity contribution in [3.8, 4) is 0 Å². The monoisotopic (exact) mass is 2120 g/mol. The van der Waals surface area contributed by atoms with Crippen molar-refractivity contribution in [3.63, 3.8) is 0 Å². The summed E-state index contributed by atoms with van der Waals surface area (Å²) >= 11 is 21.2. The summed E-state index contributed by atoms with van der Waals surface area (Å²) in [5, 5.41) is 11.8. The van der Waals surface area contributed by atoms with Crippen LogP contribution in [0.1, 0.15) is 96.9 Å². The zero-order valence-corrected chi connectivity index (χ0v) is 82.9. The van der Waals surface area contributed by atoms with E-state index in [0.717, 1.165) is 46.0 Å². The number of aliphatic hydroxyl groups is 1. The molecule has 12 rings (SSSR count). The fourth-order valence-electron chi connectivity index (χ4n) is 15.4. The van der Waals surface area contributed by atoms with Crippen LogP contribution < -0.4 is 67.8 Å². The van der Waals surface area contributed by atoms with Crippen molar-refractivity contribution >= 4 is 94.1 Å². The summed E-state index contributed by atoms with van der Waals surface area (Å²) in [5.74, 6) is -0.269. The number of thiol groups is 1. The van der Waals surface area contributed by atoms with E-state index < -0.39 is 279 Å². The van der Waals surface area contributed by atoms with E-state index in [9.17, 15) is 72.6 Å². The van der Waals surface area contributed by atoms with Gasteiger partial charge in [-0.25, -0.2) is 37.9 Å². The van der Waals surface area contributed by atoms with Crippen molar-refractivity contribution in [1.82, 2.24) is 57.3 Å². The van der Waals surface area contributed by atoms with E-state index in [4.69, 9.17) is 158 Å². The number of aromatic nitrogens is 12. The van der Waals surface area contributed by atoms with Crippen LogP contribution in [0.3, 0.4) is 0 Å². The van der Waals surface area contributed by atoms with E-state index in [2.05, 4.69) is 42.2 Å². The molecule has 6 aromatic heterocycles. The van der Waals surface area contributed by atoms with Crippen LogP contribution in [0.2, 0.25) is 0 Å². The summed E-state index contributed by atoms with van der Waals surface area (Å²) in [6.07, 6.45) is -27.9. The number of rotatable bonds is 48. The van der Waals surface area contributed by atoms with Gasteiger partial charge in [-0.3, -0.25) is 93.7 Å². The molecule has 6 aliphatic rings. The van der Waals surface area contributed by atoms with Gasteiger partial charge in [0.25, 0.3) is 22.2 Å². The minimum atomic E-state index is -5.90. The van der Waals surface area contributed by atoms with E-state index in [-0.39, 0.29) is 91.9 Å². The minimum absolute atomic E-state index is 0.0342. The average molecular weight is 2120 g/mol. The summed E-state index contributed by atoms with van der Waals surface area (Å²) in [4.78, 5) is 198. The maximum atomic E-state index is 15.2. The number of methoxy groups -OCH3 is 4. The van der Waals surface area contributed by atoms with E-state index in [0.29, 0.717) is 5.56 Å². The molecule has 64 heteroatoms. The average Bonchev–Trinajstić information content (AvgIpc) is 1.64. The Labute approximate surface area is 796 Å². The van der Waals surface area contributed by atoms with Gasteiger partial charge in [0.15, 0.2) is 24.9 Å². The number of nitrogens with one attached hydrogen (secondary N) is 4. The van der Waals surface area contributed by atoms with Crippen molar-refractivity contribution < 1.29 is 145 Å². The van der Waals surface area contributed by atoms with Crippen LogP contribution in [0.5, 0.6) is 0 Å². The minimum Gasteiger partial charge on any atom is -0.387 e. The molecule has 13 N–H and O–H groups in total. The first-order chi connectivity index (χ1) is 64.7. The third-order valence-corrected chi connectivity index (χ3v) is 29.6. The second-order valence-electron chi connectivity index (χ2n) is 31.9. The van der Waals surface area contributed by atoms with Crippen LogP contribution in [-0.4, -0.2) is 294 Å². The van der Waals surface area contributed by atoms with Gasteiger partial charge in [-0.1, -0.05) is 19.2 Å². The van der Waals surface area contributed by atoms with Crippen LogP contribution in [-0.2, 0) is 156 Å². The first-order valence-corrected chi connectivity index (χ1v) is 53.9. The molecule has 6 saturated heterocycles. The molecule has 12 heterocycles. The predicted molar refractivity (Wildman–Crippen MR) is 485 cm³/mol. The normalized spacial score (nSPS) is 29.5. The fourth-order valence-corrected chi connectivity index (χ4v) is 22.2. The summed E-state index contributed by atoms with van der Waals surface area (Å²) in [5.41, 5.74) is 3.65. The van der Waals surface area contributed by atoms with Gasteiger partial charge < -0.3 is 121 Å². The second-order valence-corrected chi connectivity index (χ2v) is 44.6. The summed E-state index contributed by atoms with van der Waals surface area (Å²) in [6, 6.07) is 0. The van der Waals surface area contributed by atoms with E-state index in [1.165, 1.54) is 81.6 Å². The zero-order valence-electron chi connectivity index (χ0n) is 75.1. The lowest BCUT2D eigenvalue weighted by Crippen LogP contribution is -2.42. The fraction of sp³-hybridized carbons (Fsp3) is 0.671. The first-order valence-electron chi connectivity index (χ1n) is 42.0. The van der Waals surface area contributed by atoms with Crippen molar-refractivity contribution in [2.75, 3.05) is 126 Å². The van der Waals surface area contributed by atoms with Gasteiger partial charge in [-0.05, 0) is 83.4 Å². The SMILES string of the molecule is CC[C@H]1O[C@@H](n2cc(C)c(=O)[nH]c2=O)C[C@H]1OP(O)(=S)OC[C@H]1O[C@@H](n2cc(C)c(=O)[nH]c2=O)C[C@H]1OP(=O)(S)OC[C@H]1O[C@@H](n2cc(C)c(=O)[nH]c2=O)C(OCCOC)[C@H]1OP(=O)(O)OC[C@H]1O[C@@H](n2cc(C)c(=O)[nH]c2=O)C(OCCOC)[C@H]1OP(O)(=S)OC[C@H]1O[C@@H](n2cc(C)c(N)nc2=O)C(OCCOC)[C@H]1OP(O)(=S)OC[C@H]1O[C@@H](n2cc(C)c(N)nc2=O)C(OCCOC)[C@H]1O. The highest BCUT2D eigenvalue weighted by Crippen LogP contribution is 2.60. The highest BCUT2D eigenvalue weighted by molar-refractivity contribution is 8.44. The Kier molecular flexibility index (Phi) is 37.6. The number of aliphatic hydroxyl groups excluding tert-OH is 1. The number of nitrogens with zero attached hydrogens (tertiary/aromatic N) is 8. The number of ether oxygens (including phenoxy) is 14. The number of phosphoric acid groups is 1. The standard InChI is InChI=1S/C73H107N14O41P5S4/c1-12-40-41(21-48(118-40)82-25-36(4)60(89)78-70(82)95)124-130(101,134)114-29-43-42(22-49(119-43)83-26-37(5)61(90)79-71(83)96)125-131(102,135)116-32-46-51(55(110-18-14-106-9)65(122-46)86-27-38(6)62(91)80-72(86)97)126-129(99,100)113-31-45-52(56(111-19-15-107-10)67(121-45)87-28-39(7)63(92)81-73(87)98)127-133(104,137)117-33-47-53(57(112-20-16-108-11)66(123-47)85-24-35(3)59(75)77-69(85)94)128-132(103,136)115-30-44-50(88)54(109-17-13-105-8)64(120-44)84-23-34(2)58(74)76-68(84)93/h23-28,40-57,64-67,88H,12-22,29-33H2,1-11H3,(H,99,100)(H,101,134)(H,102,135)(H,103,136)(H,104,137)(H2,74,76,93)(H2,75,77,94)(H,78,89,95)(H,79,90,96)(H,80,91,97)(H,81,92,98)/t40-,41-,42-,43-,44-,45-,46-,47-,48-,49-,50+,51+,52+,53+,54?,55?,56?,57?,64-,65-,66-,67-,130?,131?,132?,133?/m1/s1. The molecular weight excluding hydrogens is 2010 g/mol. The molecule has 55 nitrogen and oxygen atoms in total. The lowest BCUT2D eigenvalue weighted by atomic mass is 10.1. The summed E-state index contributed by atoms with van der Waals surface area (Å²) in [7, 11) is -0.577. The maximum absolute atomic E-state index is 15.2. The smallest absolute Gasteiger partial charge is 0.387 e. The number of aryl methyl sites for hydroxylation is 6. The Morgan fingerprint density at radius 3 is 1.10 bits per heavy atom. The van der Waals surface area contributed by atoms with Crippen LogP contribution in [0, 0.1) is 41.5 Å². The lowest BCUT2D eigenvalue weighted by molar-refractivity contribution is -0.0848. The molecule has 6 fully saturated rings. The number of aromatic amines is 4. The van der Waals surface area contributed by atoms with Gasteiger partial charge in [0.2, 0.25) is 0 Å². The van der Waals surface area contributed by atoms with Gasteiger partial charge in [-0.15, -0.1) is 0 Å². The predicted octanol–water partition coefficient (Wildman–Crippen LogP) is -1.42. The van der Waals surface area contributed by atoms with Gasteiger partial charge in [0.05, 0.1) is 98.1 Å². The highest BCUT2D eigenvalue weighted by atomic mass is 32.7. The molecule has 6 aromatic rings. The Balaban J connectivity index is 0.824. The van der Waals surface area contributed by atoms with Crippen molar-refractivity contribution in [2.24, 2.45) is 0 Å². The molecular formula is C73H107N14O41P5S4. The molecule has 0 saturated carbocycles. The number of nitrogens with two attached hydrogens (primary N) is 2. The quantitative estimate of drug-likeness (QED) is 0.0118. The summed E-state index contributed by atoms with van der Waals surface area (Å²) in [6.45, 7) is -15.6. The summed E-state index contributed by atoms with van der Waals surface area (Å²) < 4.78 is 180. The van der Waals surface area contributed by atoms with Crippen molar-refractivity contribution in [3.05, 3.63) is 175 Å². The maximum Gasteiger partial charge on any atom is 0.472 e. The number of anilines is 2. The molecule has 0 spiro atoms. The number of hydrogen-bond donors (Lipinski definition) is 12. The van der Waals surface area contributed by atoms with E-state index in [1.54, 1.807) is 13.8 Å². The van der Waals surface area contributed by atoms with Crippen LogP contribution >= 0.6 is 47.0 Å². The molecule has 764 valence electrons. The highest BCUT2D eigenvalue weighted by Gasteiger charge is 2.57. The third-order valence-electron chi connectivity index (χ3n) is 22.3. The Morgan fingerprint density at radius 1 is 0.394 bits per heavy atom. The molecule has 9 unspecified atom stereocenters.